The fraction of sp³-hybridized carbons (Fsp3) is 0.440. The minimum atomic E-state index is -0.470. The van der Waals surface area contributed by atoms with Crippen molar-refractivity contribution in [2.24, 2.45) is 11.7 Å². The van der Waals surface area contributed by atoms with Gasteiger partial charge in [-0.3, -0.25) is 0 Å². The molecule has 3 aromatic rings. The van der Waals surface area contributed by atoms with Crippen molar-refractivity contribution in [3.8, 4) is 5.88 Å². The van der Waals surface area contributed by atoms with E-state index in [2.05, 4.69) is 27.2 Å². The van der Waals surface area contributed by atoms with Crippen LogP contribution in [-0.2, 0) is 10.3 Å². The number of esters is 1. The zero-order chi connectivity index (χ0) is 22.7. The summed E-state index contributed by atoms with van der Waals surface area (Å²) < 4.78 is 11.3. The van der Waals surface area contributed by atoms with Crippen LogP contribution in [0.3, 0.4) is 0 Å². The van der Waals surface area contributed by atoms with Crippen molar-refractivity contribution in [3.63, 3.8) is 0 Å². The van der Waals surface area contributed by atoms with E-state index in [4.69, 9.17) is 15.2 Å². The van der Waals surface area contributed by atoms with Crippen LogP contribution in [0.2, 0.25) is 0 Å². The summed E-state index contributed by atoms with van der Waals surface area (Å²) in [7, 11) is 0. The smallest absolute Gasteiger partial charge is 0.340 e. The van der Waals surface area contributed by atoms with Crippen molar-refractivity contribution in [1.82, 2.24) is 15.0 Å². The Hall–Kier alpha value is -3.26. The van der Waals surface area contributed by atoms with Gasteiger partial charge in [0.05, 0.1) is 23.3 Å². The number of aromatic nitrogens is 3. The first-order chi connectivity index (χ1) is 15.9. The van der Waals surface area contributed by atoms with E-state index in [9.17, 15) is 4.79 Å². The summed E-state index contributed by atoms with van der Waals surface area (Å²) in [6, 6.07) is 5.53. The zero-order valence-corrected chi connectivity index (χ0v) is 18.8. The molecule has 4 heterocycles. The third kappa shape index (κ3) is 3.68. The molecular weight excluding hydrogens is 418 g/mol. The molecule has 6 rings (SSSR count). The van der Waals surface area contributed by atoms with Crippen LogP contribution in [0.5, 0.6) is 5.88 Å². The van der Waals surface area contributed by atoms with Crippen molar-refractivity contribution < 1.29 is 14.3 Å². The molecule has 3 N–H and O–H groups in total. The largest absolute Gasteiger partial charge is 0.474 e. The number of hydrogen-bond donors (Lipinski definition) is 2. The molecule has 33 heavy (non-hydrogen) atoms. The monoisotopic (exact) mass is 445 g/mol. The summed E-state index contributed by atoms with van der Waals surface area (Å²) in [6.45, 7) is 4.42. The number of fused-ring (bicyclic) bond motifs is 2. The number of hydrogen-bond acceptors (Lipinski definition) is 8. The Labute approximate surface area is 191 Å². The molecule has 0 radical (unpaired) electrons. The lowest BCUT2D eigenvalue weighted by Gasteiger charge is -2.27. The molecule has 0 saturated heterocycles. The normalized spacial score (nSPS) is 21.8. The highest BCUT2D eigenvalue weighted by atomic mass is 16.5. The van der Waals surface area contributed by atoms with Crippen LogP contribution in [-0.4, -0.2) is 33.6 Å². The SMILES string of the molecule is C[C@@H]1COC(=O)c2ccc(Nc3cc4c([C@](C)(N)C5CC5)cnc(OC5CC5)c4cn3)nc21. The predicted octanol–water partition coefficient (Wildman–Crippen LogP) is 4.17. The van der Waals surface area contributed by atoms with E-state index in [-0.39, 0.29) is 18.0 Å². The Morgan fingerprint density at radius 1 is 1.12 bits per heavy atom. The van der Waals surface area contributed by atoms with Crippen molar-refractivity contribution >= 4 is 28.4 Å². The molecule has 3 aliphatic rings. The standard InChI is InChI=1S/C25H27N5O3/c1-13-12-32-24(31)16-7-8-20(30-22(13)16)29-21-9-17-18(10-27-21)23(33-15-5-6-15)28-11-19(17)25(2,26)14-3-4-14/h7-11,13-15H,3-6,12,26H2,1-2H3,(H,27,29,30)/t13-,25-/m1/s1. The maximum absolute atomic E-state index is 12.0. The topological polar surface area (TPSA) is 112 Å². The van der Waals surface area contributed by atoms with Gasteiger partial charge in [-0.15, -0.1) is 0 Å². The van der Waals surface area contributed by atoms with Gasteiger partial charge < -0.3 is 20.5 Å². The van der Waals surface area contributed by atoms with Gasteiger partial charge in [-0.05, 0) is 67.7 Å². The van der Waals surface area contributed by atoms with E-state index < -0.39 is 5.54 Å². The quantitative estimate of drug-likeness (QED) is 0.544. The fourth-order valence-electron chi connectivity index (χ4n) is 4.53. The fourth-order valence-corrected chi connectivity index (χ4v) is 4.53. The number of pyridine rings is 3. The second kappa shape index (κ2) is 7.38. The minimum Gasteiger partial charge on any atom is -0.474 e. The highest BCUT2D eigenvalue weighted by molar-refractivity contribution is 5.93. The van der Waals surface area contributed by atoms with Gasteiger partial charge in [-0.2, -0.15) is 0 Å². The molecule has 0 bridgehead atoms. The Morgan fingerprint density at radius 2 is 1.94 bits per heavy atom. The Balaban J connectivity index is 1.40. The van der Waals surface area contributed by atoms with Crippen LogP contribution >= 0.6 is 0 Å². The lowest BCUT2D eigenvalue weighted by atomic mass is 9.86. The van der Waals surface area contributed by atoms with Crippen molar-refractivity contribution in [3.05, 3.63) is 47.4 Å². The highest BCUT2D eigenvalue weighted by Crippen LogP contribution is 2.46. The number of carbonyl (C=O) groups is 1. The molecule has 0 aromatic carbocycles. The maximum Gasteiger partial charge on any atom is 0.340 e. The molecule has 3 aromatic heterocycles. The molecule has 2 saturated carbocycles. The average Bonchev–Trinajstić information content (AvgIpc) is 3.70. The van der Waals surface area contributed by atoms with Crippen LogP contribution in [0.4, 0.5) is 11.6 Å². The van der Waals surface area contributed by atoms with Gasteiger partial charge in [0, 0.05) is 23.9 Å². The number of anilines is 2. The first kappa shape index (κ1) is 20.4. The number of ether oxygens (including phenoxy) is 2. The molecule has 8 nitrogen and oxygen atoms in total. The number of rotatable bonds is 6. The number of nitrogens with zero attached hydrogens (tertiary/aromatic N) is 3. The molecule has 0 amide bonds. The summed E-state index contributed by atoms with van der Waals surface area (Å²) in [4.78, 5) is 25.9. The van der Waals surface area contributed by atoms with Crippen molar-refractivity contribution in [1.29, 1.82) is 0 Å². The molecule has 1 aliphatic heterocycles. The molecule has 2 atom stereocenters. The van der Waals surface area contributed by atoms with E-state index >= 15 is 0 Å². The molecule has 8 heteroatoms. The van der Waals surface area contributed by atoms with Gasteiger partial charge >= 0.3 is 5.97 Å². The first-order valence-corrected chi connectivity index (χ1v) is 11.6. The second-order valence-electron chi connectivity index (χ2n) is 9.72. The number of nitrogens with two attached hydrogens (primary N) is 1. The van der Waals surface area contributed by atoms with Crippen LogP contribution in [0.15, 0.2) is 30.6 Å². The van der Waals surface area contributed by atoms with Gasteiger partial charge in [-0.1, -0.05) is 6.92 Å². The predicted molar refractivity (Wildman–Crippen MR) is 124 cm³/mol. The number of nitrogens with one attached hydrogen (secondary N) is 1. The second-order valence-corrected chi connectivity index (χ2v) is 9.72. The molecule has 2 aliphatic carbocycles. The summed E-state index contributed by atoms with van der Waals surface area (Å²) >= 11 is 0. The van der Waals surface area contributed by atoms with Crippen LogP contribution in [0, 0.1) is 5.92 Å². The zero-order valence-electron chi connectivity index (χ0n) is 18.8. The summed E-state index contributed by atoms with van der Waals surface area (Å²) in [6.07, 6.45) is 8.29. The maximum atomic E-state index is 12.0. The van der Waals surface area contributed by atoms with Crippen LogP contribution < -0.4 is 15.8 Å². The summed E-state index contributed by atoms with van der Waals surface area (Å²) in [5, 5.41) is 5.16. The van der Waals surface area contributed by atoms with Crippen molar-refractivity contribution in [2.75, 3.05) is 11.9 Å². The van der Waals surface area contributed by atoms with E-state index in [1.54, 1.807) is 18.3 Å². The van der Waals surface area contributed by atoms with Crippen molar-refractivity contribution in [2.45, 2.75) is 57.1 Å². The molecule has 0 unspecified atom stereocenters. The van der Waals surface area contributed by atoms with Gasteiger partial charge in [0.25, 0.3) is 0 Å². The van der Waals surface area contributed by atoms with Crippen LogP contribution in [0.25, 0.3) is 10.8 Å². The Morgan fingerprint density at radius 3 is 2.70 bits per heavy atom. The average molecular weight is 446 g/mol. The number of carbonyl (C=O) groups excluding carboxylic acids is 1. The molecule has 0 spiro atoms. The Kier molecular flexibility index (Phi) is 4.55. The summed E-state index contributed by atoms with van der Waals surface area (Å²) in [5.74, 6) is 2.06. The highest BCUT2D eigenvalue weighted by Gasteiger charge is 2.41. The van der Waals surface area contributed by atoms with Gasteiger partial charge in [0.2, 0.25) is 5.88 Å². The van der Waals surface area contributed by atoms with Crippen LogP contribution in [0.1, 0.15) is 67.1 Å². The van der Waals surface area contributed by atoms with Gasteiger partial charge in [-0.25, -0.2) is 19.7 Å². The lowest BCUT2D eigenvalue weighted by molar-refractivity contribution is 0.0445. The minimum absolute atomic E-state index is 0.0420. The van der Waals surface area contributed by atoms with E-state index in [1.165, 1.54) is 0 Å². The third-order valence-electron chi connectivity index (χ3n) is 6.88. The van der Waals surface area contributed by atoms with Gasteiger partial charge in [0.15, 0.2) is 0 Å². The number of cyclic esters (lactones) is 1. The third-order valence-corrected chi connectivity index (χ3v) is 6.88. The van der Waals surface area contributed by atoms with E-state index in [1.807, 2.05) is 19.2 Å². The summed E-state index contributed by atoms with van der Waals surface area (Å²) in [5.41, 5.74) is 8.59. The van der Waals surface area contributed by atoms with E-state index in [0.29, 0.717) is 35.6 Å². The molecule has 2 fully saturated rings. The van der Waals surface area contributed by atoms with Gasteiger partial charge in [0.1, 0.15) is 17.7 Å². The van der Waals surface area contributed by atoms with E-state index in [0.717, 1.165) is 47.7 Å². The first-order valence-electron chi connectivity index (χ1n) is 11.6. The molecular formula is C25H27N5O3. The lowest BCUT2D eigenvalue weighted by Crippen LogP contribution is -2.35. The molecule has 170 valence electrons. The Bertz CT molecular complexity index is 1270.